The monoisotopic (exact) mass is 324 g/mol. The number of amides is 1. The largest absolute Gasteiger partial charge is 0.319 e. The van der Waals surface area contributed by atoms with Crippen LogP contribution in [0.4, 0.5) is 0 Å². The minimum atomic E-state index is -0.0280. The maximum atomic E-state index is 12.9. The summed E-state index contributed by atoms with van der Waals surface area (Å²) < 4.78 is 0.317. The quantitative estimate of drug-likeness (QED) is 0.869. The number of nitrogens with zero attached hydrogens (tertiary/aromatic N) is 1. The summed E-state index contributed by atoms with van der Waals surface area (Å²) in [5, 5.41) is 5.69. The summed E-state index contributed by atoms with van der Waals surface area (Å²) in [6.07, 6.45) is 5.75. The van der Waals surface area contributed by atoms with Crippen molar-refractivity contribution in [3.05, 3.63) is 22.4 Å². The average Bonchev–Trinajstić information content (AvgIpc) is 2.92. The molecule has 0 aromatic carbocycles. The highest BCUT2D eigenvalue weighted by molar-refractivity contribution is 8.00. The topological polar surface area (TPSA) is 32.3 Å². The van der Waals surface area contributed by atoms with Gasteiger partial charge in [-0.2, -0.15) is 11.8 Å². The minimum absolute atomic E-state index is 0.0280. The van der Waals surface area contributed by atoms with Crippen LogP contribution in [0.1, 0.15) is 44.2 Å². The van der Waals surface area contributed by atoms with Gasteiger partial charge in [0.1, 0.15) is 6.17 Å². The van der Waals surface area contributed by atoms with Gasteiger partial charge in [-0.3, -0.25) is 10.1 Å². The van der Waals surface area contributed by atoms with Gasteiger partial charge >= 0.3 is 0 Å². The van der Waals surface area contributed by atoms with Gasteiger partial charge in [0.25, 0.3) is 0 Å². The van der Waals surface area contributed by atoms with Crippen LogP contribution in [0.5, 0.6) is 0 Å². The number of thioether (sulfide) groups is 1. The fraction of sp³-hybridized carbons (Fsp3) is 0.688. The molecule has 1 amide bonds. The fourth-order valence-corrected chi connectivity index (χ4v) is 4.58. The van der Waals surface area contributed by atoms with Crippen molar-refractivity contribution in [1.82, 2.24) is 10.2 Å². The molecule has 5 heteroatoms. The zero-order valence-corrected chi connectivity index (χ0v) is 14.6. The second kappa shape index (κ2) is 5.94. The molecule has 0 radical (unpaired) electrons. The standard InChI is InChI=1S/C16H24N2OS2/c1-4-11(2)13-15(19)18(10-16(20-3)7-8-16)14(17-13)12-6-5-9-21-12/h5-6,9,11,13-14,17H,4,7-8,10H2,1-3H3. The van der Waals surface area contributed by atoms with Crippen LogP contribution in [0.15, 0.2) is 17.5 Å². The molecule has 1 aliphatic heterocycles. The minimum Gasteiger partial charge on any atom is -0.319 e. The van der Waals surface area contributed by atoms with Crippen molar-refractivity contribution in [2.75, 3.05) is 12.8 Å². The summed E-state index contributed by atoms with van der Waals surface area (Å²) in [7, 11) is 0. The molecule has 0 bridgehead atoms. The van der Waals surface area contributed by atoms with Crippen molar-refractivity contribution in [3.63, 3.8) is 0 Å². The first kappa shape index (κ1) is 15.4. The summed E-state index contributed by atoms with van der Waals surface area (Å²) in [5.74, 6) is 0.678. The molecular formula is C16H24N2OS2. The van der Waals surface area contributed by atoms with Gasteiger partial charge < -0.3 is 4.90 Å². The molecule has 1 saturated heterocycles. The van der Waals surface area contributed by atoms with Crippen molar-refractivity contribution in [1.29, 1.82) is 0 Å². The molecule has 2 fully saturated rings. The molecule has 21 heavy (non-hydrogen) atoms. The van der Waals surface area contributed by atoms with Gasteiger partial charge in [-0.05, 0) is 36.5 Å². The van der Waals surface area contributed by atoms with E-state index in [9.17, 15) is 4.79 Å². The molecule has 116 valence electrons. The first-order valence-corrected chi connectivity index (χ1v) is 9.86. The van der Waals surface area contributed by atoms with E-state index in [1.165, 1.54) is 17.7 Å². The molecule has 1 saturated carbocycles. The lowest BCUT2D eigenvalue weighted by atomic mass is 9.99. The Hall–Kier alpha value is -0.520. The third-order valence-corrected chi connectivity index (χ3v) is 7.25. The Balaban J connectivity index is 1.83. The number of carbonyl (C=O) groups excluding carboxylic acids is 1. The van der Waals surface area contributed by atoms with Crippen molar-refractivity contribution in [3.8, 4) is 0 Å². The normalized spacial score (nSPS) is 28.9. The summed E-state index contributed by atoms with van der Waals surface area (Å²) in [6, 6.07) is 4.18. The fourth-order valence-electron chi connectivity index (χ4n) is 3.01. The Kier molecular flexibility index (Phi) is 4.35. The van der Waals surface area contributed by atoms with E-state index in [-0.39, 0.29) is 12.2 Å². The van der Waals surface area contributed by atoms with Gasteiger partial charge in [-0.15, -0.1) is 11.3 Å². The molecule has 1 aliphatic carbocycles. The van der Waals surface area contributed by atoms with Crippen LogP contribution in [0.3, 0.4) is 0 Å². The SMILES string of the molecule is CCC(C)C1NC(c2cccs2)N(CC2(SC)CC2)C1=O. The van der Waals surface area contributed by atoms with Gasteiger partial charge in [0.2, 0.25) is 5.91 Å². The molecule has 1 aromatic rings. The van der Waals surface area contributed by atoms with Crippen molar-refractivity contribution in [2.24, 2.45) is 5.92 Å². The predicted octanol–water partition coefficient (Wildman–Crippen LogP) is 3.49. The molecule has 2 aliphatic rings. The molecule has 0 spiro atoms. The van der Waals surface area contributed by atoms with Crippen LogP contribution in [0.2, 0.25) is 0 Å². The number of hydrogen-bond donors (Lipinski definition) is 1. The lowest BCUT2D eigenvalue weighted by Crippen LogP contribution is -2.38. The number of rotatable bonds is 6. The first-order valence-electron chi connectivity index (χ1n) is 7.75. The Bertz CT molecular complexity index is 498. The zero-order valence-electron chi connectivity index (χ0n) is 13.0. The van der Waals surface area contributed by atoms with Crippen LogP contribution in [-0.4, -0.2) is 34.4 Å². The highest BCUT2D eigenvalue weighted by Gasteiger charge is 2.50. The van der Waals surface area contributed by atoms with Gasteiger partial charge in [0.15, 0.2) is 0 Å². The lowest BCUT2D eigenvalue weighted by Gasteiger charge is -2.27. The lowest BCUT2D eigenvalue weighted by molar-refractivity contribution is -0.131. The van der Waals surface area contributed by atoms with Crippen LogP contribution < -0.4 is 5.32 Å². The summed E-state index contributed by atoms with van der Waals surface area (Å²) in [4.78, 5) is 16.3. The molecule has 3 unspecified atom stereocenters. The second-order valence-corrected chi connectivity index (χ2v) is 8.55. The number of hydrogen-bond acceptors (Lipinski definition) is 4. The summed E-state index contributed by atoms with van der Waals surface area (Å²) in [5.41, 5.74) is 0. The Morgan fingerprint density at radius 1 is 1.57 bits per heavy atom. The molecule has 3 rings (SSSR count). The van der Waals surface area contributed by atoms with Crippen molar-refractivity contribution < 1.29 is 4.79 Å². The van der Waals surface area contributed by atoms with Crippen LogP contribution in [-0.2, 0) is 4.79 Å². The number of nitrogens with one attached hydrogen (secondary N) is 1. The Morgan fingerprint density at radius 3 is 2.86 bits per heavy atom. The van der Waals surface area contributed by atoms with E-state index in [0.717, 1.165) is 13.0 Å². The second-order valence-electron chi connectivity index (χ2n) is 6.30. The Labute approximate surface area is 135 Å². The van der Waals surface area contributed by atoms with Gasteiger partial charge in [-0.25, -0.2) is 0 Å². The number of carbonyl (C=O) groups is 1. The third-order valence-electron chi connectivity index (χ3n) is 4.92. The van der Waals surface area contributed by atoms with Crippen LogP contribution in [0, 0.1) is 5.92 Å². The highest BCUT2D eigenvalue weighted by Crippen LogP contribution is 2.49. The van der Waals surface area contributed by atoms with E-state index in [2.05, 4.69) is 47.8 Å². The zero-order chi connectivity index (χ0) is 15.0. The predicted molar refractivity (Wildman–Crippen MR) is 90.6 cm³/mol. The molecule has 3 atom stereocenters. The summed E-state index contributed by atoms with van der Waals surface area (Å²) >= 11 is 3.66. The van der Waals surface area contributed by atoms with E-state index >= 15 is 0 Å². The van der Waals surface area contributed by atoms with E-state index in [1.807, 2.05) is 11.8 Å². The smallest absolute Gasteiger partial charge is 0.241 e. The van der Waals surface area contributed by atoms with Gasteiger partial charge in [0.05, 0.1) is 6.04 Å². The highest BCUT2D eigenvalue weighted by atomic mass is 32.2. The molecule has 1 aromatic heterocycles. The van der Waals surface area contributed by atoms with E-state index < -0.39 is 0 Å². The molecule has 2 heterocycles. The van der Waals surface area contributed by atoms with E-state index in [1.54, 1.807) is 11.3 Å². The number of thiophene rings is 1. The Morgan fingerprint density at radius 2 is 2.33 bits per heavy atom. The van der Waals surface area contributed by atoms with E-state index in [0.29, 0.717) is 16.6 Å². The summed E-state index contributed by atoms with van der Waals surface area (Å²) in [6.45, 7) is 5.22. The van der Waals surface area contributed by atoms with Crippen LogP contribution in [0.25, 0.3) is 0 Å². The third kappa shape index (κ3) is 2.88. The maximum Gasteiger partial charge on any atom is 0.241 e. The average molecular weight is 325 g/mol. The molecule has 1 N–H and O–H groups in total. The van der Waals surface area contributed by atoms with Crippen LogP contribution >= 0.6 is 23.1 Å². The van der Waals surface area contributed by atoms with Crippen molar-refractivity contribution in [2.45, 2.75) is 50.1 Å². The molecule has 3 nitrogen and oxygen atoms in total. The maximum absolute atomic E-state index is 12.9. The first-order chi connectivity index (χ1) is 10.1. The van der Waals surface area contributed by atoms with Crippen molar-refractivity contribution >= 4 is 29.0 Å². The van der Waals surface area contributed by atoms with E-state index in [4.69, 9.17) is 0 Å². The van der Waals surface area contributed by atoms with Gasteiger partial charge in [0, 0.05) is 16.2 Å². The molecular weight excluding hydrogens is 300 g/mol. The van der Waals surface area contributed by atoms with Gasteiger partial charge in [-0.1, -0.05) is 26.3 Å².